The van der Waals surface area contributed by atoms with E-state index in [1.54, 1.807) is 18.2 Å². The maximum Gasteiger partial charge on any atom is 0.314 e. The van der Waals surface area contributed by atoms with Crippen LogP contribution in [0.5, 0.6) is 5.88 Å². The average Bonchev–Trinajstić information content (AvgIpc) is 3.11. The third-order valence-electron chi connectivity index (χ3n) is 4.20. The predicted octanol–water partition coefficient (Wildman–Crippen LogP) is 2.18. The highest BCUT2D eigenvalue weighted by Gasteiger charge is 2.31. The van der Waals surface area contributed by atoms with Crippen molar-refractivity contribution in [1.29, 1.82) is 0 Å². The number of halogens is 1. The monoisotopic (exact) mass is 343 g/mol. The van der Waals surface area contributed by atoms with Crippen molar-refractivity contribution in [3.05, 3.63) is 54.0 Å². The molecule has 130 valence electrons. The molecule has 1 aliphatic heterocycles. The van der Waals surface area contributed by atoms with Crippen molar-refractivity contribution in [1.82, 2.24) is 9.88 Å². The quantitative estimate of drug-likeness (QED) is 0.867. The lowest BCUT2D eigenvalue weighted by Gasteiger charge is -2.16. The van der Waals surface area contributed by atoms with Gasteiger partial charge in [-0.3, -0.25) is 9.59 Å². The Morgan fingerprint density at radius 1 is 1.32 bits per heavy atom. The molecule has 25 heavy (non-hydrogen) atoms. The first kappa shape index (κ1) is 16.9. The van der Waals surface area contributed by atoms with Gasteiger partial charge in [0.15, 0.2) is 0 Å². The largest absolute Gasteiger partial charge is 0.480 e. The van der Waals surface area contributed by atoms with E-state index < -0.39 is 11.8 Å². The van der Waals surface area contributed by atoms with Crippen molar-refractivity contribution < 1.29 is 18.7 Å². The van der Waals surface area contributed by atoms with Gasteiger partial charge in [0.1, 0.15) is 11.5 Å². The molecule has 2 heterocycles. The topological polar surface area (TPSA) is 71.5 Å². The van der Waals surface area contributed by atoms with Crippen molar-refractivity contribution in [2.75, 3.05) is 25.5 Å². The highest BCUT2D eigenvalue weighted by molar-refractivity contribution is 6.39. The van der Waals surface area contributed by atoms with E-state index >= 15 is 0 Å². The fraction of sp³-hybridized carbons (Fsp3) is 0.278. The Bertz CT molecular complexity index is 797. The summed E-state index contributed by atoms with van der Waals surface area (Å²) in [5, 5.41) is 2.52. The van der Waals surface area contributed by atoms with Crippen LogP contribution in [0.15, 0.2) is 42.6 Å². The van der Waals surface area contributed by atoms with E-state index in [0.717, 1.165) is 5.56 Å². The van der Waals surface area contributed by atoms with Crippen LogP contribution in [0.4, 0.5) is 10.1 Å². The molecule has 1 saturated heterocycles. The van der Waals surface area contributed by atoms with Gasteiger partial charge in [-0.15, -0.1) is 0 Å². The van der Waals surface area contributed by atoms with Crippen molar-refractivity contribution in [3.63, 3.8) is 0 Å². The van der Waals surface area contributed by atoms with Crippen LogP contribution in [-0.4, -0.2) is 41.9 Å². The van der Waals surface area contributed by atoms with Crippen LogP contribution in [0.3, 0.4) is 0 Å². The minimum atomic E-state index is -0.744. The number of amides is 2. The van der Waals surface area contributed by atoms with E-state index in [9.17, 15) is 14.0 Å². The number of hydrogen-bond donors (Lipinski definition) is 1. The number of aromatic nitrogens is 1. The maximum absolute atomic E-state index is 13.4. The molecule has 1 N–H and O–H groups in total. The highest BCUT2D eigenvalue weighted by atomic mass is 19.1. The number of nitrogens with zero attached hydrogens (tertiary/aromatic N) is 2. The first-order valence-corrected chi connectivity index (χ1v) is 7.93. The molecule has 0 radical (unpaired) electrons. The summed E-state index contributed by atoms with van der Waals surface area (Å²) in [5.41, 5.74) is 1.17. The second-order valence-electron chi connectivity index (χ2n) is 5.81. The SMILES string of the molecule is COc1ncccc1NC(=O)C(=O)N1CCC(c2cccc(F)c2)C1. The van der Waals surface area contributed by atoms with E-state index in [2.05, 4.69) is 10.3 Å². The smallest absolute Gasteiger partial charge is 0.314 e. The predicted molar refractivity (Wildman–Crippen MR) is 89.8 cm³/mol. The van der Waals surface area contributed by atoms with Gasteiger partial charge in [0.25, 0.3) is 0 Å². The molecule has 0 saturated carbocycles. The van der Waals surface area contributed by atoms with Crippen LogP contribution in [0, 0.1) is 5.82 Å². The van der Waals surface area contributed by atoms with Crippen LogP contribution in [-0.2, 0) is 9.59 Å². The zero-order chi connectivity index (χ0) is 17.8. The first-order valence-electron chi connectivity index (χ1n) is 7.93. The minimum Gasteiger partial charge on any atom is -0.480 e. The molecule has 3 rings (SSSR count). The summed E-state index contributed by atoms with van der Waals surface area (Å²) in [6.45, 7) is 0.845. The number of ether oxygens (including phenoxy) is 1. The Morgan fingerprint density at radius 3 is 2.92 bits per heavy atom. The standard InChI is InChI=1S/C18H18FN3O3/c1-25-17-15(6-3-8-20-17)21-16(23)18(24)22-9-7-13(11-22)12-4-2-5-14(19)10-12/h2-6,8,10,13H,7,9,11H2,1H3,(H,21,23). The van der Waals surface area contributed by atoms with Crippen molar-refractivity contribution >= 4 is 17.5 Å². The molecule has 1 aliphatic rings. The number of carbonyl (C=O) groups is 2. The lowest BCUT2D eigenvalue weighted by Crippen LogP contribution is -2.38. The number of benzene rings is 1. The van der Waals surface area contributed by atoms with Crippen molar-refractivity contribution in [2.45, 2.75) is 12.3 Å². The van der Waals surface area contributed by atoms with Crippen LogP contribution in [0.25, 0.3) is 0 Å². The van der Waals surface area contributed by atoms with Gasteiger partial charge in [-0.05, 0) is 36.2 Å². The zero-order valence-electron chi connectivity index (χ0n) is 13.7. The van der Waals surface area contributed by atoms with Gasteiger partial charge in [-0.1, -0.05) is 12.1 Å². The fourth-order valence-corrected chi connectivity index (χ4v) is 2.95. The molecule has 0 spiro atoms. The summed E-state index contributed by atoms with van der Waals surface area (Å²) < 4.78 is 18.4. The molecular formula is C18H18FN3O3. The summed E-state index contributed by atoms with van der Waals surface area (Å²) >= 11 is 0. The van der Waals surface area contributed by atoms with E-state index in [1.807, 2.05) is 6.07 Å². The third kappa shape index (κ3) is 3.76. The molecule has 0 bridgehead atoms. The van der Waals surface area contributed by atoms with E-state index in [-0.39, 0.29) is 17.6 Å². The van der Waals surface area contributed by atoms with Gasteiger partial charge in [-0.2, -0.15) is 0 Å². The van der Waals surface area contributed by atoms with Crippen molar-refractivity contribution in [2.24, 2.45) is 0 Å². The molecule has 2 amide bonds. The summed E-state index contributed by atoms with van der Waals surface area (Å²) in [6, 6.07) is 9.59. The average molecular weight is 343 g/mol. The molecular weight excluding hydrogens is 325 g/mol. The number of nitrogens with one attached hydrogen (secondary N) is 1. The number of carbonyl (C=O) groups excluding carboxylic acids is 2. The fourth-order valence-electron chi connectivity index (χ4n) is 2.95. The summed E-state index contributed by atoms with van der Waals surface area (Å²) in [4.78, 5) is 30.0. The summed E-state index contributed by atoms with van der Waals surface area (Å²) in [5.74, 6) is -1.40. The van der Waals surface area contributed by atoms with E-state index in [4.69, 9.17) is 4.74 Å². The minimum absolute atomic E-state index is 0.0281. The first-order chi connectivity index (χ1) is 12.1. The van der Waals surface area contributed by atoms with E-state index in [0.29, 0.717) is 25.2 Å². The van der Waals surface area contributed by atoms with Crippen molar-refractivity contribution in [3.8, 4) is 5.88 Å². The molecule has 1 fully saturated rings. The Balaban J connectivity index is 1.64. The molecule has 1 unspecified atom stereocenters. The number of anilines is 1. The Kier molecular flexibility index (Phi) is 4.92. The van der Waals surface area contributed by atoms with Crippen LogP contribution >= 0.6 is 0 Å². The lowest BCUT2D eigenvalue weighted by atomic mass is 9.98. The van der Waals surface area contributed by atoms with Crippen LogP contribution in [0.1, 0.15) is 17.9 Å². The maximum atomic E-state index is 13.4. The molecule has 0 aliphatic carbocycles. The van der Waals surface area contributed by atoms with E-state index in [1.165, 1.54) is 30.3 Å². The number of likely N-dealkylation sites (tertiary alicyclic amines) is 1. The van der Waals surface area contributed by atoms with Gasteiger partial charge in [0.05, 0.1) is 7.11 Å². The zero-order valence-corrected chi connectivity index (χ0v) is 13.7. The molecule has 1 aromatic heterocycles. The van der Waals surface area contributed by atoms with Crippen LogP contribution in [0.2, 0.25) is 0 Å². The number of rotatable bonds is 3. The number of pyridine rings is 1. The highest BCUT2D eigenvalue weighted by Crippen LogP contribution is 2.28. The molecule has 2 aromatic rings. The lowest BCUT2D eigenvalue weighted by molar-refractivity contribution is -0.142. The molecule has 1 aromatic carbocycles. The second kappa shape index (κ2) is 7.29. The summed E-state index contributed by atoms with van der Waals surface area (Å²) in [7, 11) is 1.43. The second-order valence-corrected chi connectivity index (χ2v) is 5.81. The van der Waals surface area contributed by atoms with Gasteiger partial charge in [-0.25, -0.2) is 9.37 Å². The Hall–Kier alpha value is -2.96. The van der Waals surface area contributed by atoms with Gasteiger partial charge < -0.3 is 15.0 Å². The van der Waals surface area contributed by atoms with Gasteiger partial charge >= 0.3 is 11.8 Å². The molecule has 6 nitrogen and oxygen atoms in total. The number of methoxy groups -OCH3 is 1. The normalized spacial score (nSPS) is 16.6. The third-order valence-corrected chi connectivity index (χ3v) is 4.20. The molecule has 7 heteroatoms. The van der Waals surface area contributed by atoms with Gasteiger partial charge in [0.2, 0.25) is 5.88 Å². The Labute approximate surface area is 144 Å². The summed E-state index contributed by atoms with van der Waals surface area (Å²) in [6.07, 6.45) is 2.22. The van der Waals surface area contributed by atoms with Gasteiger partial charge in [0, 0.05) is 25.2 Å². The number of hydrogen-bond acceptors (Lipinski definition) is 4. The molecule has 1 atom stereocenters. The Morgan fingerprint density at radius 2 is 2.16 bits per heavy atom. The van der Waals surface area contributed by atoms with Crippen LogP contribution < -0.4 is 10.1 Å².